The standard InChI is InChI=1S/C15H14ClF2N3O/c1-2-13(10-6-9(17)3-4-12(10)18)21-15-11(16)5-8(7-20-15)14(19)22/h3-7,13H,2H2,1H3,(H2,19,22)(H,20,21). The summed E-state index contributed by atoms with van der Waals surface area (Å²) in [6.45, 7) is 1.81. The Hall–Kier alpha value is -2.21. The van der Waals surface area contributed by atoms with Crippen LogP contribution in [0.5, 0.6) is 0 Å². The number of primary amides is 1. The van der Waals surface area contributed by atoms with Crippen LogP contribution in [0.25, 0.3) is 0 Å². The maximum atomic E-state index is 13.9. The molecule has 1 amide bonds. The first-order chi connectivity index (χ1) is 10.4. The second kappa shape index (κ2) is 6.70. The van der Waals surface area contributed by atoms with Crippen molar-refractivity contribution in [1.82, 2.24) is 4.98 Å². The number of nitrogens with zero attached hydrogens (tertiary/aromatic N) is 1. The summed E-state index contributed by atoms with van der Waals surface area (Å²) in [6, 6.07) is 4.11. The summed E-state index contributed by atoms with van der Waals surface area (Å²) in [5.41, 5.74) is 5.49. The Morgan fingerprint density at radius 1 is 1.41 bits per heavy atom. The fourth-order valence-electron chi connectivity index (χ4n) is 2.03. The molecule has 2 aromatic rings. The van der Waals surface area contributed by atoms with Gasteiger partial charge in [0, 0.05) is 11.8 Å². The minimum atomic E-state index is -0.649. The van der Waals surface area contributed by atoms with Crippen LogP contribution in [0.2, 0.25) is 5.02 Å². The van der Waals surface area contributed by atoms with Gasteiger partial charge in [-0.2, -0.15) is 0 Å². The van der Waals surface area contributed by atoms with E-state index >= 15 is 0 Å². The maximum absolute atomic E-state index is 13.9. The molecule has 1 heterocycles. The first-order valence-corrected chi connectivity index (χ1v) is 6.97. The first-order valence-electron chi connectivity index (χ1n) is 6.59. The summed E-state index contributed by atoms with van der Waals surface area (Å²) in [7, 11) is 0. The molecule has 0 bridgehead atoms. The third-order valence-electron chi connectivity index (χ3n) is 3.18. The zero-order valence-electron chi connectivity index (χ0n) is 11.7. The van der Waals surface area contributed by atoms with Gasteiger partial charge < -0.3 is 11.1 Å². The zero-order valence-corrected chi connectivity index (χ0v) is 12.5. The summed E-state index contributed by atoms with van der Waals surface area (Å²) >= 11 is 6.03. The molecule has 22 heavy (non-hydrogen) atoms. The largest absolute Gasteiger partial charge is 0.366 e. The fourth-order valence-corrected chi connectivity index (χ4v) is 2.25. The van der Waals surface area contributed by atoms with Crippen molar-refractivity contribution in [2.45, 2.75) is 19.4 Å². The number of pyridine rings is 1. The van der Waals surface area contributed by atoms with Crippen LogP contribution in [-0.2, 0) is 0 Å². The molecule has 2 rings (SSSR count). The summed E-state index contributed by atoms with van der Waals surface area (Å²) in [5, 5.41) is 3.12. The van der Waals surface area contributed by atoms with Gasteiger partial charge in [-0.15, -0.1) is 0 Å². The second-order valence-corrected chi connectivity index (χ2v) is 5.10. The minimum Gasteiger partial charge on any atom is -0.366 e. The van der Waals surface area contributed by atoms with E-state index in [4.69, 9.17) is 17.3 Å². The van der Waals surface area contributed by atoms with Gasteiger partial charge in [-0.25, -0.2) is 13.8 Å². The van der Waals surface area contributed by atoms with Gasteiger partial charge in [0.15, 0.2) is 0 Å². The van der Waals surface area contributed by atoms with Crippen molar-refractivity contribution in [3.63, 3.8) is 0 Å². The Bertz CT molecular complexity index is 709. The van der Waals surface area contributed by atoms with E-state index in [1.54, 1.807) is 0 Å². The third-order valence-corrected chi connectivity index (χ3v) is 3.47. The number of aromatic nitrogens is 1. The van der Waals surface area contributed by atoms with Gasteiger partial charge in [0.1, 0.15) is 17.5 Å². The average Bonchev–Trinajstić information content (AvgIpc) is 2.48. The molecule has 116 valence electrons. The minimum absolute atomic E-state index is 0.167. The number of hydrogen-bond donors (Lipinski definition) is 2. The predicted molar refractivity (Wildman–Crippen MR) is 80.8 cm³/mol. The molecule has 0 saturated carbocycles. The summed E-state index contributed by atoms with van der Waals surface area (Å²) < 4.78 is 27.2. The van der Waals surface area contributed by atoms with Crippen molar-refractivity contribution in [2.75, 3.05) is 5.32 Å². The molecule has 7 heteroatoms. The van der Waals surface area contributed by atoms with Gasteiger partial charge in [-0.3, -0.25) is 4.79 Å². The molecule has 1 atom stereocenters. The van der Waals surface area contributed by atoms with E-state index in [0.717, 1.165) is 18.2 Å². The number of amides is 1. The van der Waals surface area contributed by atoms with Crippen molar-refractivity contribution < 1.29 is 13.6 Å². The maximum Gasteiger partial charge on any atom is 0.250 e. The van der Waals surface area contributed by atoms with Gasteiger partial charge in [0.05, 0.1) is 16.6 Å². The van der Waals surface area contributed by atoms with E-state index in [0.29, 0.717) is 6.42 Å². The highest BCUT2D eigenvalue weighted by molar-refractivity contribution is 6.33. The number of carbonyl (C=O) groups is 1. The van der Waals surface area contributed by atoms with Gasteiger partial charge in [-0.1, -0.05) is 18.5 Å². The molecule has 0 saturated heterocycles. The quantitative estimate of drug-likeness (QED) is 0.881. The van der Waals surface area contributed by atoms with Crippen LogP contribution in [0.15, 0.2) is 30.5 Å². The number of nitrogens with two attached hydrogens (primary N) is 1. The van der Waals surface area contributed by atoms with E-state index in [9.17, 15) is 13.6 Å². The number of rotatable bonds is 5. The van der Waals surface area contributed by atoms with Crippen molar-refractivity contribution in [3.8, 4) is 0 Å². The molecule has 3 N–H and O–H groups in total. The highest BCUT2D eigenvalue weighted by atomic mass is 35.5. The van der Waals surface area contributed by atoms with Crippen molar-refractivity contribution >= 4 is 23.3 Å². The molecule has 0 aliphatic carbocycles. The zero-order chi connectivity index (χ0) is 16.3. The molecule has 1 aromatic carbocycles. The number of carbonyl (C=O) groups excluding carboxylic acids is 1. The Morgan fingerprint density at radius 3 is 2.73 bits per heavy atom. The van der Waals surface area contributed by atoms with E-state index < -0.39 is 23.6 Å². The van der Waals surface area contributed by atoms with E-state index in [-0.39, 0.29) is 22.0 Å². The van der Waals surface area contributed by atoms with E-state index in [2.05, 4.69) is 10.3 Å². The molecular formula is C15H14ClF2N3O. The van der Waals surface area contributed by atoms with Crippen LogP contribution < -0.4 is 11.1 Å². The molecule has 0 aliphatic heterocycles. The lowest BCUT2D eigenvalue weighted by Crippen LogP contribution is -2.15. The topological polar surface area (TPSA) is 68.0 Å². The van der Waals surface area contributed by atoms with Crippen LogP contribution in [0.3, 0.4) is 0 Å². The van der Waals surface area contributed by atoms with Crippen molar-refractivity contribution in [3.05, 3.63) is 58.2 Å². The van der Waals surface area contributed by atoms with Gasteiger partial charge in [0.25, 0.3) is 0 Å². The Kier molecular flexibility index (Phi) is 4.92. The molecule has 0 aliphatic rings. The monoisotopic (exact) mass is 325 g/mol. The highest BCUT2D eigenvalue weighted by Crippen LogP contribution is 2.28. The normalized spacial score (nSPS) is 12.0. The molecule has 0 radical (unpaired) electrons. The van der Waals surface area contributed by atoms with Crippen LogP contribution >= 0.6 is 11.6 Å². The lowest BCUT2D eigenvalue weighted by Gasteiger charge is -2.19. The number of hydrogen-bond acceptors (Lipinski definition) is 3. The van der Waals surface area contributed by atoms with Crippen LogP contribution in [0.4, 0.5) is 14.6 Å². The van der Waals surface area contributed by atoms with Crippen LogP contribution in [-0.4, -0.2) is 10.9 Å². The number of halogens is 3. The number of nitrogens with one attached hydrogen (secondary N) is 1. The van der Waals surface area contributed by atoms with E-state index in [1.165, 1.54) is 12.3 Å². The Balaban J connectivity index is 2.31. The lowest BCUT2D eigenvalue weighted by atomic mass is 10.0. The summed E-state index contributed by atoms with van der Waals surface area (Å²) in [5.74, 6) is -1.43. The first kappa shape index (κ1) is 16.2. The lowest BCUT2D eigenvalue weighted by molar-refractivity contribution is 0.1000. The van der Waals surface area contributed by atoms with Crippen molar-refractivity contribution in [1.29, 1.82) is 0 Å². The molecule has 0 fully saturated rings. The molecule has 0 spiro atoms. The summed E-state index contributed by atoms with van der Waals surface area (Å²) in [4.78, 5) is 15.1. The van der Waals surface area contributed by atoms with E-state index in [1.807, 2.05) is 6.92 Å². The Labute approximate surface area is 131 Å². The smallest absolute Gasteiger partial charge is 0.250 e. The Morgan fingerprint density at radius 2 is 2.14 bits per heavy atom. The number of benzene rings is 1. The molecule has 1 aromatic heterocycles. The summed E-state index contributed by atoms with van der Waals surface area (Å²) in [6.07, 6.45) is 1.75. The molecule has 4 nitrogen and oxygen atoms in total. The molecule has 1 unspecified atom stereocenters. The third kappa shape index (κ3) is 3.51. The van der Waals surface area contributed by atoms with Crippen molar-refractivity contribution in [2.24, 2.45) is 5.73 Å². The average molecular weight is 326 g/mol. The number of anilines is 1. The fraction of sp³-hybridized carbons (Fsp3) is 0.200. The highest BCUT2D eigenvalue weighted by Gasteiger charge is 2.17. The predicted octanol–water partition coefficient (Wildman–Crippen LogP) is 3.68. The van der Waals surface area contributed by atoms with Crippen LogP contribution in [0, 0.1) is 11.6 Å². The molecular weight excluding hydrogens is 312 g/mol. The van der Waals surface area contributed by atoms with Gasteiger partial charge in [-0.05, 0) is 30.7 Å². The second-order valence-electron chi connectivity index (χ2n) is 4.69. The SMILES string of the molecule is CCC(Nc1ncc(C(N)=O)cc1Cl)c1cc(F)ccc1F. The van der Waals surface area contributed by atoms with Gasteiger partial charge in [0.2, 0.25) is 5.91 Å². The van der Waals surface area contributed by atoms with Crippen LogP contribution in [0.1, 0.15) is 35.3 Å². The van der Waals surface area contributed by atoms with Gasteiger partial charge >= 0.3 is 0 Å².